The van der Waals surface area contributed by atoms with Crippen molar-refractivity contribution in [2.45, 2.75) is 31.9 Å². The lowest BCUT2D eigenvalue weighted by atomic mass is 9.97. The minimum atomic E-state index is -0.485. The number of likely N-dealkylation sites (N-methyl/N-ethyl adjacent to an activating group) is 1. The van der Waals surface area contributed by atoms with Gasteiger partial charge in [0, 0.05) is 25.8 Å². The maximum atomic E-state index is 10.5. The van der Waals surface area contributed by atoms with Crippen LogP contribution in [0.2, 0.25) is 0 Å². The Kier molecular flexibility index (Phi) is 6.03. The molecule has 0 aromatic heterocycles. The monoisotopic (exact) mass is 293 g/mol. The summed E-state index contributed by atoms with van der Waals surface area (Å²) in [6, 6.07) is 7.74. The summed E-state index contributed by atoms with van der Waals surface area (Å²) in [7, 11) is 3.74. The van der Waals surface area contributed by atoms with Gasteiger partial charge >= 0.3 is 0 Å². The summed E-state index contributed by atoms with van der Waals surface area (Å²) in [5.74, 6) is 1.49. The van der Waals surface area contributed by atoms with E-state index in [1.807, 2.05) is 24.3 Å². The van der Waals surface area contributed by atoms with Gasteiger partial charge in [0.25, 0.3) is 0 Å². The van der Waals surface area contributed by atoms with E-state index in [-0.39, 0.29) is 6.04 Å². The SMILES string of the molecule is COc1ccc(C(O)C(C)N(C)CC2CCOCC2)cc1. The Bertz CT molecular complexity index is 415. The highest BCUT2D eigenvalue weighted by atomic mass is 16.5. The molecular formula is C17H27NO3. The van der Waals surface area contributed by atoms with Crippen LogP contribution in [0.5, 0.6) is 5.75 Å². The first-order chi connectivity index (χ1) is 10.1. The van der Waals surface area contributed by atoms with Crippen LogP contribution in [0.4, 0.5) is 0 Å². The van der Waals surface area contributed by atoms with Gasteiger partial charge in [0.05, 0.1) is 13.2 Å². The van der Waals surface area contributed by atoms with Crippen LogP contribution < -0.4 is 4.74 Å². The van der Waals surface area contributed by atoms with E-state index < -0.39 is 6.10 Å². The highest BCUT2D eigenvalue weighted by Crippen LogP contribution is 2.24. The topological polar surface area (TPSA) is 41.9 Å². The lowest BCUT2D eigenvalue weighted by Gasteiger charge is -2.33. The standard InChI is InChI=1S/C17H27NO3/c1-13(18(2)12-14-8-10-21-11-9-14)17(19)15-4-6-16(20-3)7-5-15/h4-7,13-14,17,19H,8-12H2,1-3H3. The molecule has 0 bridgehead atoms. The quantitative estimate of drug-likeness (QED) is 0.875. The van der Waals surface area contributed by atoms with Gasteiger partial charge in [0.15, 0.2) is 0 Å². The van der Waals surface area contributed by atoms with Gasteiger partial charge in [-0.2, -0.15) is 0 Å². The molecule has 0 saturated carbocycles. The number of ether oxygens (including phenoxy) is 2. The van der Waals surface area contributed by atoms with E-state index in [1.54, 1.807) is 7.11 Å². The van der Waals surface area contributed by atoms with E-state index in [1.165, 1.54) is 0 Å². The molecule has 0 amide bonds. The number of hydrogen-bond donors (Lipinski definition) is 1. The van der Waals surface area contributed by atoms with Crippen LogP contribution in [0.15, 0.2) is 24.3 Å². The smallest absolute Gasteiger partial charge is 0.118 e. The Morgan fingerprint density at radius 2 is 1.90 bits per heavy atom. The van der Waals surface area contributed by atoms with Crippen LogP contribution in [-0.2, 0) is 4.74 Å². The summed E-state index contributed by atoms with van der Waals surface area (Å²) >= 11 is 0. The molecule has 1 fully saturated rings. The molecule has 1 aromatic carbocycles. The number of nitrogens with zero attached hydrogens (tertiary/aromatic N) is 1. The Hall–Kier alpha value is -1.10. The average molecular weight is 293 g/mol. The summed E-state index contributed by atoms with van der Waals surface area (Å²) in [6.45, 7) is 4.83. The molecule has 1 aliphatic rings. The molecule has 2 unspecified atom stereocenters. The number of hydrogen-bond acceptors (Lipinski definition) is 4. The molecule has 4 nitrogen and oxygen atoms in total. The van der Waals surface area contributed by atoms with Gasteiger partial charge in [-0.15, -0.1) is 0 Å². The number of aliphatic hydroxyl groups is 1. The van der Waals surface area contributed by atoms with Crippen LogP contribution in [0.25, 0.3) is 0 Å². The van der Waals surface area contributed by atoms with Crippen molar-refractivity contribution in [3.8, 4) is 5.75 Å². The van der Waals surface area contributed by atoms with Gasteiger partial charge in [-0.3, -0.25) is 0 Å². The molecule has 0 spiro atoms. The van der Waals surface area contributed by atoms with Crippen molar-refractivity contribution in [1.29, 1.82) is 0 Å². The van der Waals surface area contributed by atoms with Crippen LogP contribution in [0.1, 0.15) is 31.4 Å². The first-order valence-corrected chi connectivity index (χ1v) is 7.72. The van der Waals surface area contributed by atoms with Gasteiger partial charge in [-0.05, 0) is 50.4 Å². The Labute approximate surface area is 127 Å². The molecule has 118 valence electrons. The zero-order chi connectivity index (χ0) is 15.2. The Morgan fingerprint density at radius 3 is 2.48 bits per heavy atom. The van der Waals surface area contributed by atoms with E-state index in [0.29, 0.717) is 5.92 Å². The van der Waals surface area contributed by atoms with Crippen LogP contribution in [0.3, 0.4) is 0 Å². The molecule has 0 aliphatic carbocycles. The van der Waals surface area contributed by atoms with E-state index in [0.717, 1.165) is 43.9 Å². The third-order valence-electron chi connectivity index (χ3n) is 4.50. The third-order valence-corrected chi connectivity index (χ3v) is 4.50. The molecule has 2 atom stereocenters. The predicted octanol–water partition coefficient (Wildman–Crippen LogP) is 2.48. The van der Waals surface area contributed by atoms with E-state index in [9.17, 15) is 5.11 Å². The summed E-state index contributed by atoms with van der Waals surface area (Å²) in [5.41, 5.74) is 0.933. The van der Waals surface area contributed by atoms with E-state index >= 15 is 0 Å². The molecule has 1 heterocycles. The van der Waals surface area contributed by atoms with Crippen LogP contribution >= 0.6 is 0 Å². The second-order valence-electron chi connectivity index (χ2n) is 5.95. The van der Waals surface area contributed by atoms with Crippen LogP contribution in [-0.4, -0.2) is 50.0 Å². The maximum absolute atomic E-state index is 10.5. The minimum Gasteiger partial charge on any atom is -0.497 e. The van der Waals surface area contributed by atoms with Crippen molar-refractivity contribution in [2.24, 2.45) is 5.92 Å². The van der Waals surface area contributed by atoms with Gasteiger partial charge in [0.2, 0.25) is 0 Å². The van der Waals surface area contributed by atoms with E-state index in [4.69, 9.17) is 9.47 Å². The van der Waals surface area contributed by atoms with E-state index in [2.05, 4.69) is 18.9 Å². The number of aliphatic hydroxyl groups excluding tert-OH is 1. The minimum absolute atomic E-state index is 0.0845. The molecule has 21 heavy (non-hydrogen) atoms. The number of rotatable bonds is 6. The molecule has 4 heteroatoms. The average Bonchev–Trinajstić information content (AvgIpc) is 2.54. The van der Waals surface area contributed by atoms with Crippen molar-refractivity contribution in [1.82, 2.24) is 4.90 Å². The first kappa shape index (κ1) is 16.3. The Morgan fingerprint density at radius 1 is 1.29 bits per heavy atom. The molecule has 1 N–H and O–H groups in total. The second kappa shape index (κ2) is 7.78. The highest BCUT2D eigenvalue weighted by molar-refractivity contribution is 5.29. The summed E-state index contributed by atoms with van der Waals surface area (Å²) in [4.78, 5) is 2.25. The van der Waals surface area contributed by atoms with Crippen molar-refractivity contribution >= 4 is 0 Å². The van der Waals surface area contributed by atoms with Crippen molar-refractivity contribution in [3.05, 3.63) is 29.8 Å². The fraction of sp³-hybridized carbons (Fsp3) is 0.647. The van der Waals surface area contributed by atoms with Gasteiger partial charge in [0.1, 0.15) is 5.75 Å². The molecular weight excluding hydrogens is 266 g/mol. The second-order valence-corrected chi connectivity index (χ2v) is 5.95. The zero-order valence-corrected chi connectivity index (χ0v) is 13.3. The van der Waals surface area contributed by atoms with Gasteiger partial charge < -0.3 is 19.5 Å². The zero-order valence-electron chi connectivity index (χ0n) is 13.3. The first-order valence-electron chi connectivity index (χ1n) is 7.72. The summed E-state index contributed by atoms with van der Waals surface area (Å²) in [5, 5.41) is 10.5. The fourth-order valence-corrected chi connectivity index (χ4v) is 2.82. The maximum Gasteiger partial charge on any atom is 0.118 e. The predicted molar refractivity (Wildman–Crippen MR) is 83.6 cm³/mol. The molecule has 2 rings (SSSR count). The lowest BCUT2D eigenvalue weighted by molar-refractivity contribution is 0.0292. The van der Waals surface area contributed by atoms with Crippen LogP contribution in [0, 0.1) is 5.92 Å². The highest BCUT2D eigenvalue weighted by Gasteiger charge is 2.23. The molecule has 1 aromatic rings. The summed E-state index contributed by atoms with van der Waals surface area (Å²) < 4.78 is 10.6. The Balaban J connectivity index is 1.91. The third kappa shape index (κ3) is 4.43. The van der Waals surface area contributed by atoms with Gasteiger partial charge in [-0.1, -0.05) is 12.1 Å². The van der Waals surface area contributed by atoms with Crippen molar-refractivity contribution < 1.29 is 14.6 Å². The normalized spacial score (nSPS) is 19.5. The number of benzene rings is 1. The largest absolute Gasteiger partial charge is 0.497 e. The molecule has 1 saturated heterocycles. The van der Waals surface area contributed by atoms with Crippen molar-refractivity contribution in [2.75, 3.05) is 33.9 Å². The number of methoxy groups -OCH3 is 1. The van der Waals surface area contributed by atoms with Gasteiger partial charge in [-0.25, -0.2) is 0 Å². The molecule has 0 radical (unpaired) electrons. The van der Waals surface area contributed by atoms with Crippen molar-refractivity contribution in [3.63, 3.8) is 0 Å². The molecule has 1 aliphatic heterocycles. The lowest BCUT2D eigenvalue weighted by Crippen LogP contribution is -2.39. The summed E-state index contributed by atoms with van der Waals surface area (Å²) in [6.07, 6.45) is 1.76. The fourth-order valence-electron chi connectivity index (χ4n) is 2.82.